The number of carbonyl (C=O) groups excluding carboxylic acids is 4. The normalized spacial score (nSPS) is 13.6. The van der Waals surface area contributed by atoms with E-state index in [4.69, 9.17) is 51.1 Å². The highest BCUT2D eigenvalue weighted by Gasteiger charge is 2.52. The molecule has 0 saturated heterocycles. The van der Waals surface area contributed by atoms with Crippen molar-refractivity contribution in [3.63, 3.8) is 0 Å². The number of amides is 3. The zero-order valence-electron chi connectivity index (χ0n) is 25.5. The first-order valence-electron chi connectivity index (χ1n) is 14.3. The third-order valence-corrected chi connectivity index (χ3v) is 8.08. The molecule has 0 heterocycles. The van der Waals surface area contributed by atoms with Crippen molar-refractivity contribution >= 4 is 69.9 Å². The Labute approximate surface area is 297 Å². The quantitative estimate of drug-likeness (QED) is 0.115. The highest BCUT2D eigenvalue weighted by atomic mass is 35.5. The zero-order chi connectivity index (χ0) is 36.7. The molecule has 0 fully saturated rings. The molecule has 17 heteroatoms. The molecule has 2 unspecified atom stereocenters. The molecule has 0 spiro atoms. The molecule has 3 rings (SSSR count). The lowest BCUT2D eigenvalue weighted by Gasteiger charge is -2.28. The number of nitrogens with one attached hydrogen (secondary N) is 3. The maximum atomic E-state index is 14.8. The van der Waals surface area contributed by atoms with E-state index in [-0.39, 0.29) is 20.6 Å². The average molecular weight is 771 g/mol. The Hall–Kier alpha value is -3.65. The van der Waals surface area contributed by atoms with Crippen molar-refractivity contribution in [3.8, 4) is 5.75 Å². The molecule has 0 saturated carbocycles. The summed E-state index contributed by atoms with van der Waals surface area (Å²) in [5.41, 5.74) is 0.535. The number of carbonyl (C=O) groups is 4. The van der Waals surface area contributed by atoms with E-state index in [1.165, 1.54) is 50.2 Å². The molecular weight excluding hydrogens is 743 g/mol. The van der Waals surface area contributed by atoms with Crippen LogP contribution in [0.3, 0.4) is 0 Å². The van der Waals surface area contributed by atoms with Gasteiger partial charge >= 0.3 is 12.1 Å². The van der Waals surface area contributed by atoms with E-state index in [2.05, 4.69) is 10.6 Å². The molecule has 264 valence electrons. The van der Waals surface area contributed by atoms with Crippen LogP contribution < -0.4 is 20.7 Å². The summed E-state index contributed by atoms with van der Waals surface area (Å²) < 4.78 is 73.1. The molecule has 0 aliphatic heterocycles. The average Bonchev–Trinajstić information content (AvgIpc) is 3.02. The lowest BCUT2D eigenvalue weighted by Crippen LogP contribution is -2.58. The molecule has 0 radical (unpaired) electrons. The van der Waals surface area contributed by atoms with E-state index in [9.17, 15) is 41.1 Å². The number of rotatable bonds is 14. The molecule has 0 aliphatic rings. The van der Waals surface area contributed by atoms with Crippen LogP contribution in [0.2, 0.25) is 20.1 Å². The molecule has 0 aromatic heterocycles. The summed E-state index contributed by atoms with van der Waals surface area (Å²) in [7, 11) is 0. The summed E-state index contributed by atoms with van der Waals surface area (Å²) in [5, 5.41) is 6.67. The standard InChI is InChI=1S/C32H28Cl4F5N3O5/c1-16(2)26(28(46)32(40,41)30(48)42-15-31(37,38)39)44-29(47)27(17-3-6-19(33)7-4-17)43-25(45)14-24(18-5-12-22(35)23(36)13-18)49-21-10-8-20(34)9-11-21/h3-13,16,24,26-27H,14-15H2,1-2H3,(H,42,48)(H,43,45)(H,44,47)/t24?,26-,27?/m0/s1. The van der Waals surface area contributed by atoms with E-state index < -0.39 is 72.7 Å². The van der Waals surface area contributed by atoms with Gasteiger partial charge in [-0.25, -0.2) is 0 Å². The fourth-order valence-electron chi connectivity index (χ4n) is 4.33. The minimum Gasteiger partial charge on any atom is -0.485 e. The molecular formula is C32H28Cl4F5N3O5. The van der Waals surface area contributed by atoms with E-state index in [1.54, 1.807) is 30.3 Å². The SMILES string of the molecule is CC(C)[C@H](NC(=O)C(NC(=O)CC(Oc1ccc(Cl)cc1)c1ccc(Cl)c(Cl)c1)c1ccc(Cl)cc1)C(=O)C(F)(F)C(=O)NCC(F)(F)F. The monoisotopic (exact) mass is 769 g/mol. The second-order valence-corrected chi connectivity index (χ2v) is 12.6. The van der Waals surface area contributed by atoms with Crippen molar-refractivity contribution < 1.29 is 45.9 Å². The molecule has 49 heavy (non-hydrogen) atoms. The molecule has 0 aliphatic carbocycles. The first kappa shape index (κ1) is 39.8. The molecule has 8 nitrogen and oxygen atoms in total. The van der Waals surface area contributed by atoms with Crippen LogP contribution in [-0.2, 0) is 19.2 Å². The minimum atomic E-state index is -5.02. The predicted molar refractivity (Wildman–Crippen MR) is 174 cm³/mol. The van der Waals surface area contributed by atoms with Crippen molar-refractivity contribution in [2.75, 3.05) is 6.54 Å². The number of benzene rings is 3. The van der Waals surface area contributed by atoms with Crippen LogP contribution in [0.1, 0.15) is 43.5 Å². The maximum Gasteiger partial charge on any atom is 0.405 e. The van der Waals surface area contributed by atoms with Crippen LogP contribution in [0.15, 0.2) is 66.7 Å². The van der Waals surface area contributed by atoms with Gasteiger partial charge in [0.25, 0.3) is 5.91 Å². The number of Topliss-reactive ketones (excluding diaryl/α,β-unsaturated/α-hetero) is 1. The summed E-state index contributed by atoms with van der Waals surface area (Å²) in [4.78, 5) is 51.9. The fraction of sp³-hybridized carbons (Fsp3) is 0.312. The summed E-state index contributed by atoms with van der Waals surface area (Å²) in [6, 6.07) is 12.6. The van der Waals surface area contributed by atoms with E-state index in [1.807, 2.05) is 0 Å². The minimum absolute atomic E-state index is 0.115. The third kappa shape index (κ3) is 11.4. The molecule has 3 N–H and O–H groups in total. The van der Waals surface area contributed by atoms with Gasteiger partial charge in [0.1, 0.15) is 24.4 Å². The molecule has 3 atom stereocenters. The van der Waals surface area contributed by atoms with Gasteiger partial charge in [-0.1, -0.05) is 78.5 Å². The van der Waals surface area contributed by atoms with Gasteiger partial charge < -0.3 is 20.7 Å². The predicted octanol–water partition coefficient (Wildman–Crippen LogP) is 7.69. The number of alkyl halides is 5. The fourth-order valence-corrected chi connectivity index (χ4v) is 4.89. The van der Waals surface area contributed by atoms with E-state index >= 15 is 0 Å². The van der Waals surface area contributed by atoms with Gasteiger partial charge in [-0.2, -0.15) is 22.0 Å². The number of halogens is 9. The lowest BCUT2D eigenvalue weighted by atomic mass is 9.94. The molecule has 3 aromatic rings. The van der Waals surface area contributed by atoms with Gasteiger partial charge in [-0.3, -0.25) is 19.2 Å². The van der Waals surface area contributed by atoms with Crippen LogP contribution in [0.4, 0.5) is 22.0 Å². The van der Waals surface area contributed by atoms with Gasteiger partial charge in [0.05, 0.1) is 22.5 Å². The number of ketones is 1. The smallest absolute Gasteiger partial charge is 0.405 e. The lowest BCUT2D eigenvalue weighted by molar-refractivity contribution is -0.165. The topological polar surface area (TPSA) is 114 Å². The first-order valence-corrected chi connectivity index (χ1v) is 15.8. The van der Waals surface area contributed by atoms with Gasteiger partial charge in [0, 0.05) is 10.0 Å². The zero-order valence-corrected chi connectivity index (χ0v) is 28.5. The largest absolute Gasteiger partial charge is 0.485 e. The Morgan fingerprint density at radius 3 is 1.84 bits per heavy atom. The Kier molecular flexibility index (Phi) is 13.7. The Morgan fingerprint density at radius 2 is 1.31 bits per heavy atom. The van der Waals surface area contributed by atoms with Gasteiger partial charge in [0.2, 0.25) is 17.6 Å². The van der Waals surface area contributed by atoms with Crippen LogP contribution in [0.5, 0.6) is 5.75 Å². The first-order chi connectivity index (χ1) is 22.8. The van der Waals surface area contributed by atoms with Crippen molar-refractivity contribution in [2.24, 2.45) is 5.92 Å². The van der Waals surface area contributed by atoms with Crippen LogP contribution in [0, 0.1) is 5.92 Å². The van der Waals surface area contributed by atoms with E-state index in [0.29, 0.717) is 16.3 Å². The highest BCUT2D eigenvalue weighted by molar-refractivity contribution is 6.42. The van der Waals surface area contributed by atoms with Crippen molar-refractivity contribution in [1.29, 1.82) is 0 Å². The summed E-state index contributed by atoms with van der Waals surface area (Å²) in [5.74, 6) is -12.3. The van der Waals surface area contributed by atoms with Crippen molar-refractivity contribution in [2.45, 2.75) is 50.6 Å². The van der Waals surface area contributed by atoms with Crippen LogP contribution in [-0.4, -0.2) is 48.2 Å². The second kappa shape index (κ2) is 16.8. The summed E-state index contributed by atoms with van der Waals surface area (Å²) >= 11 is 24.2. The molecule has 3 aromatic carbocycles. The van der Waals surface area contributed by atoms with E-state index in [0.717, 1.165) is 5.32 Å². The number of ether oxygens (including phenoxy) is 1. The second-order valence-electron chi connectivity index (χ2n) is 11.0. The summed E-state index contributed by atoms with van der Waals surface area (Å²) in [6.45, 7) is 0.416. The highest BCUT2D eigenvalue weighted by Crippen LogP contribution is 2.31. The van der Waals surface area contributed by atoms with Gasteiger partial charge in [0.15, 0.2) is 0 Å². The molecule has 3 amide bonds. The maximum absolute atomic E-state index is 14.8. The number of hydrogen-bond donors (Lipinski definition) is 3. The number of hydrogen-bond acceptors (Lipinski definition) is 5. The summed E-state index contributed by atoms with van der Waals surface area (Å²) in [6.07, 6.45) is -6.46. The van der Waals surface area contributed by atoms with Crippen LogP contribution >= 0.6 is 46.4 Å². The van der Waals surface area contributed by atoms with Gasteiger partial charge in [-0.15, -0.1) is 0 Å². The molecule has 0 bridgehead atoms. The third-order valence-electron chi connectivity index (χ3n) is 6.84. The Balaban J connectivity index is 1.90. The van der Waals surface area contributed by atoms with Crippen LogP contribution in [0.25, 0.3) is 0 Å². The van der Waals surface area contributed by atoms with Gasteiger partial charge in [-0.05, 0) is 65.6 Å². The van der Waals surface area contributed by atoms with Crippen molar-refractivity contribution in [3.05, 3.63) is 97.9 Å². The Morgan fingerprint density at radius 1 is 0.755 bits per heavy atom. The Bertz CT molecular complexity index is 1660. The van der Waals surface area contributed by atoms with Crippen molar-refractivity contribution in [1.82, 2.24) is 16.0 Å².